The maximum atomic E-state index is 12.1. The fourth-order valence-electron chi connectivity index (χ4n) is 1.61. The minimum absolute atomic E-state index is 0.0763. The number of nitrogens with one attached hydrogen (secondary N) is 1. The summed E-state index contributed by atoms with van der Waals surface area (Å²) < 4.78 is 5.04. The lowest BCUT2D eigenvalue weighted by atomic mass is 10.1. The van der Waals surface area contributed by atoms with E-state index in [-0.39, 0.29) is 17.0 Å². The van der Waals surface area contributed by atoms with E-state index in [1.165, 1.54) is 25.4 Å². The third-order valence-electron chi connectivity index (χ3n) is 2.54. The van der Waals surface area contributed by atoms with Gasteiger partial charge in [0.2, 0.25) is 0 Å². The number of hydrogen-bond acceptors (Lipinski definition) is 5. The molecule has 20 heavy (non-hydrogen) atoms. The normalized spacial score (nSPS) is 9.85. The number of methoxy groups -OCH3 is 1. The average Bonchev–Trinajstić information content (AvgIpc) is 2.47. The summed E-state index contributed by atoms with van der Waals surface area (Å²) in [6, 6.07) is 8.86. The second kappa shape index (κ2) is 5.79. The average molecular weight is 273 g/mol. The molecule has 102 valence electrons. The van der Waals surface area contributed by atoms with Gasteiger partial charge in [0.15, 0.2) is 0 Å². The molecule has 0 spiro atoms. The second-order valence-electron chi connectivity index (χ2n) is 3.81. The number of amides is 1. The maximum absolute atomic E-state index is 12.1. The van der Waals surface area contributed by atoms with Crippen molar-refractivity contribution in [1.29, 1.82) is 0 Å². The molecule has 0 atom stereocenters. The Morgan fingerprint density at radius 1 is 1.35 bits per heavy atom. The molecule has 1 N–H and O–H groups in total. The third-order valence-corrected chi connectivity index (χ3v) is 2.54. The molecular weight excluding hydrogens is 262 g/mol. The van der Waals surface area contributed by atoms with Gasteiger partial charge < -0.3 is 10.1 Å². The van der Waals surface area contributed by atoms with Crippen LogP contribution in [-0.2, 0) is 0 Å². The zero-order valence-corrected chi connectivity index (χ0v) is 10.6. The van der Waals surface area contributed by atoms with Crippen LogP contribution in [0.2, 0.25) is 0 Å². The fourth-order valence-corrected chi connectivity index (χ4v) is 1.61. The first-order valence-corrected chi connectivity index (χ1v) is 5.66. The Bertz CT molecular complexity index is 643. The van der Waals surface area contributed by atoms with Gasteiger partial charge >= 0.3 is 0 Å². The summed E-state index contributed by atoms with van der Waals surface area (Å²) in [6.07, 6.45) is 1.53. The Kier molecular flexibility index (Phi) is 3.90. The van der Waals surface area contributed by atoms with Crippen molar-refractivity contribution in [2.24, 2.45) is 0 Å². The van der Waals surface area contributed by atoms with E-state index in [2.05, 4.69) is 10.3 Å². The largest absolute Gasteiger partial charge is 0.496 e. The predicted octanol–water partition coefficient (Wildman–Crippen LogP) is 2.25. The first-order chi connectivity index (χ1) is 9.61. The zero-order valence-electron chi connectivity index (χ0n) is 10.6. The van der Waals surface area contributed by atoms with E-state index in [0.29, 0.717) is 5.82 Å². The van der Waals surface area contributed by atoms with Crippen LogP contribution in [0.15, 0.2) is 42.6 Å². The minimum Gasteiger partial charge on any atom is -0.496 e. The number of nitro groups is 1. The van der Waals surface area contributed by atoms with Crippen LogP contribution in [0.5, 0.6) is 5.75 Å². The van der Waals surface area contributed by atoms with Crippen LogP contribution < -0.4 is 10.1 Å². The van der Waals surface area contributed by atoms with E-state index in [4.69, 9.17) is 4.74 Å². The number of ether oxygens (including phenoxy) is 1. The highest BCUT2D eigenvalue weighted by molar-refractivity contribution is 6.06. The molecule has 0 saturated carbocycles. The number of benzene rings is 1. The molecule has 0 fully saturated rings. The number of hydrogen-bond donors (Lipinski definition) is 1. The van der Waals surface area contributed by atoms with Crippen LogP contribution in [0.3, 0.4) is 0 Å². The lowest BCUT2D eigenvalue weighted by molar-refractivity contribution is -0.384. The van der Waals surface area contributed by atoms with Crippen molar-refractivity contribution in [2.75, 3.05) is 12.4 Å². The molecule has 1 heterocycles. The Morgan fingerprint density at radius 2 is 2.15 bits per heavy atom. The predicted molar refractivity (Wildman–Crippen MR) is 71.8 cm³/mol. The highest BCUT2D eigenvalue weighted by Crippen LogP contribution is 2.24. The summed E-state index contributed by atoms with van der Waals surface area (Å²) in [5.41, 5.74) is -0.107. The highest BCUT2D eigenvalue weighted by Gasteiger charge is 2.17. The second-order valence-corrected chi connectivity index (χ2v) is 3.81. The number of carbonyl (C=O) groups is 1. The van der Waals surface area contributed by atoms with Gasteiger partial charge in [-0.25, -0.2) is 4.98 Å². The number of nitro benzene ring substituents is 1. The van der Waals surface area contributed by atoms with Crippen molar-refractivity contribution in [3.63, 3.8) is 0 Å². The first kappa shape index (κ1) is 13.5. The fraction of sp³-hybridized carbons (Fsp3) is 0.0769. The molecule has 7 heteroatoms. The Hall–Kier alpha value is -2.96. The molecule has 0 bridgehead atoms. The lowest BCUT2D eigenvalue weighted by Gasteiger charge is -2.08. The molecule has 0 saturated heterocycles. The summed E-state index contributed by atoms with van der Waals surface area (Å²) in [5, 5.41) is 13.3. The maximum Gasteiger partial charge on any atom is 0.270 e. The zero-order chi connectivity index (χ0) is 14.5. The standard InChI is InChI=1S/C13H11N3O4/c1-20-11-6-5-9(16(18)19)8-10(11)13(17)15-12-4-2-3-7-14-12/h2-8H,1H3,(H,14,15,17). The van der Waals surface area contributed by atoms with Crippen molar-refractivity contribution in [3.8, 4) is 5.75 Å². The van der Waals surface area contributed by atoms with Crippen LogP contribution >= 0.6 is 0 Å². The van der Waals surface area contributed by atoms with E-state index in [1.54, 1.807) is 18.2 Å². The number of pyridine rings is 1. The molecule has 0 aliphatic rings. The highest BCUT2D eigenvalue weighted by atomic mass is 16.6. The SMILES string of the molecule is COc1ccc([N+](=O)[O-])cc1C(=O)Nc1ccccn1. The Balaban J connectivity index is 2.32. The molecule has 0 radical (unpaired) electrons. The van der Waals surface area contributed by atoms with Gasteiger partial charge in [-0.05, 0) is 18.2 Å². The van der Waals surface area contributed by atoms with Crippen molar-refractivity contribution < 1.29 is 14.5 Å². The van der Waals surface area contributed by atoms with E-state index in [1.807, 2.05) is 0 Å². The molecule has 0 aliphatic carbocycles. The molecule has 2 rings (SSSR count). The smallest absolute Gasteiger partial charge is 0.270 e. The molecule has 0 aliphatic heterocycles. The number of anilines is 1. The van der Waals surface area contributed by atoms with Gasteiger partial charge in [-0.1, -0.05) is 6.07 Å². The third kappa shape index (κ3) is 2.89. The van der Waals surface area contributed by atoms with Gasteiger partial charge in [0.1, 0.15) is 11.6 Å². The number of non-ortho nitro benzene ring substituents is 1. The van der Waals surface area contributed by atoms with Crippen molar-refractivity contribution >= 4 is 17.4 Å². The van der Waals surface area contributed by atoms with Gasteiger partial charge in [0, 0.05) is 18.3 Å². The monoisotopic (exact) mass is 273 g/mol. The van der Waals surface area contributed by atoms with Crippen LogP contribution in [0.1, 0.15) is 10.4 Å². The van der Waals surface area contributed by atoms with Crippen molar-refractivity contribution in [3.05, 3.63) is 58.3 Å². The van der Waals surface area contributed by atoms with Crippen LogP contribution in [-0.4, -0.2) is 22.9 Å². The van der Waals surface area contributed by atoms with E-state index >= 15 is 0 Å². The van der Waals surface area contributed by atoms with Crippen molar-refractivity contribution in [2.45, 2.75) is 0 Å². The van der Waals surface area contributed by atoms with Gasteiger partial charge in [-0.15, -0.1) is 0 Å². The molecule has 1 amide bonds. The minimum atomic E-state index is -0.572. The summed E-state index contributed by atoms with van der Waals surface area (Å²) >= 11 is 0. The Morgan fingerprint density at radius 3 is 2.75 bits per heavy atom. The number of nitrogens with zero attached hydrogens (tertiary/aromatic N) is 2. The van der Waals surface area contributed by atoms with Crippen LogP contribution in [0.25, 0.3) is 0 Å². The van der Waals surface area contributed by atoms with Gasteiger partial charge in [-0.2, -0.15) is 0 Å². The molecule has 0 unspecified atom stereocenters. The molecule has 2 aromatic rings. The van der Waals surface area contributed by atoms with Crippen LogP contribution in [0.4, 0.5) is 11.5 Å². The molecule has 7 nitrogen and oxygen atoms in total. The first-order valence-electron chi connectivity index (χ1n) is 5.66. The summed E-state index contributed by atoms with van der Waals surface area (Å²) in [5.74, 6) is 0.0827. The molecule has 1 aromatic heterocycles. The van der Waals surface area contributed by atoms with Crippen LogP contribution in [0, 0.1) is 10.1 Å². The lowest BCUT2D eigenvalue weighted by Crippen LogP contribution is -2.14. The van der Waals surface area contributed by atoms with Gasteiger partial charge in [0.05, 0.1) is 17.6 Å². The molecule has 1 aromatic carbocycles. The molecular formula is C13H11N3O4. The summed E-state index contributed by atoms with van der Waals surface area (Å²) in [7, 11) is 1.39. The summed E-state index contributed by atoms with van der Waals surface area (Å²) in [4.78, 5) is 26.2. The van der Waals surface area contributed by atoms with E-state index in [0.717, 1.165) is 6.07 Å². The number of carbonyl (C=O) groups excluding carboxylic acids is 1. The summed E-state index contributed by atoms with van der Waals surface area (Å²) in [6.45, 7) is 0. The Labute approximate surface area is 114 Å². The van der Waals surface area contributed by atoms with Gasteiger partial charge in [0.25, 0.3) is 11.6 Å². The number of rotatable bonds is 4. The quantitative estimate of drug-likeness (QED) is 0.681. The topological polar surface area (TPSA) is 94.4 Å². The van der Waals surface area contributed by atoms with Gasteiger partial charge in [-0.3, -0.25) is 14.9 Å². The van der Waals surface area contributed by atoms with Crippen molar-refractivity contribution in [1.82, 2.24) is 4.98 Å². The van der Waals surface area contributed by atoms with E-state index < -0.39 is 10.8 Å². The number of aromatic nitrogens is 1. The van der Waals surface area contributed by atoms with E-state index in [9.17, 15) is 14.9 Å².